The predicted octanol–water partition coefficient (Wildman–Crippen LogP) is 2.44. The highest BCUT2D eigenvalue weighted by Crippen LogP contribution is 2.17. The Morgan fingerprint density at radius 2 is 2.14 bits per heavy atom. The fourth-order valence-corrected chi connectivity index (χ4v) is 1.45. The Balaban J connectivity index is 2.86. The minimum atomic E-state index is -0.307. The molecule has 0 saturated heterocycles. The number of hydrogen-bond acceptors (Lipinski definition) is 3. The van der Waals surface area contributed by atoms with Gasteiger partial charge in [0.25, 0.3) is 0 Å². The number of anilines is 1. The van der Waals surface area contributed by atoms with Crippen LogP contribution in [0.2, 0.25) is 0 Å². The van der Waals surface area contributed by atoms with Crippen LogP contribution in [0.25, 0.3) is 0 Å². The first-order valence-electron chi connectivity index (χ1n) is 4.26. The zero-order valence-corrected chi connectivity index (χ0v) is 10.2. The Labute approximate surface area is 96.8 Å². The fraction of sp³-hybridized carbons (Fsp3) is 0.300. The summed E-state index contributed by atoms with van der Waals surface area (Å²) in [4.78, 5) is 11.5. The smallest absolute Gasteiger partial charge is 0.338 e. The van der Waals surface area contributed by atoms with Gasteiger partial charge in [-0.25, -0.2) is 4.79 Å². The SMILES string of the molecule is CC(C)OC(=O)c1ccc(N)c(I)c1. The largest absolute Gasteiger partial charge is 0.459 e. The van der Waals surface area contributed by atoms with Crippen LogP contribution in [-0.4, -0.2) is 12.1 Å². The zero-order valence-electron chi connectivity index (χ0n) is 8.08. The molecule has 0 amide bonds. The van der Waals surface area contributed by atoms with Crippen molar-refractivity contribution >= 4 is 34.2 Å². The number of esters is 1. The van der Waals surface area contributed by atoms with Gasteiger partial charge in [-0.3, -0.25) is 0 Å². The Bertz CT molecular complexity index is 350. The summed E-state index contributed by atoms with van der Waals surface area (Å²) < 4.78 is 5.91. The monoisotopic (exact) mass is 305 g/mol. The van der Waals surface area contributed by atoms with Gasteiger partial charge in [-0.2, -0.15) is 0 Å². The molecule has 0 aliphatic carbocycles. The van der Waals surface area contributed by atoms with Crippen LogP contribution >= 0.6 is 22.6 Å². The van der Waals surface area contributed by atoms with Crippen LogP contribution in [0.5, 0.6) is 0 Å². The van der Waals surface area contributed by atoms with Crippen molar-refractivity contribution in [2.75, 3.05) is 5.73 Å². The molecule has 0 spiro atoms. The quantitative estimate of drug-likeness (QED) is 0.519. The number of nitrogens with two attached hydrogens (primary N) is 1. The number of hydrogen-bond donors (Lipinski definition) is 1. The maximum Gasteiger partial charge on any atom is 0.338 e. The molecule has 0 radical (unpaired) electrons. The molecule has 2 N–H and O–H groups in total. The molecule has 0 atom stereocenters. The molecule has 1 aromatic carbocycles. The molecule has 1 rings (SSSR count). The summed E-state index contributed by atoms with van der Waals surface area (Å²) in [5.74, 6) is -0.307. The minimum Gasteiger partial charge on any atom is -0.459 e. The Hall–Kier alpha value is -0.780. The fourth-order valence-electron chi connectivity index (χ4n) is 0.936. The molecular formula is C10H12INO2. The molecule has 76 valence electrons. The third-order valence-corrected chi connectivity index (χ3v) is 2.51. The van der Waals surface area contributed by atoms with Gasteiger partial charge < -0.3 is 10.5 Å². The van der Waals surface area contributed by atoms with Crippen LogP contribution in [0, 0.1) is 3.57 Å². The highest BCUT2D eigenvalue weighted by molar-refractivity contribution is 14.1. The summed E-state index contributed by atoms with van der Waals surface area (Å²) in [6, 6.07) is 5.10. The van der Waals surface area contributed by atoms with Crippen molar-refractivity contribution in [1.82, 2.24) is 0 Å². The van der Waals surface area contributed by atoms with E-state index in [1.54, 1.807) is 18.2 Å². The van der Waals surface area contributed by atoms with Gasteiger partial charge in [0.15, 0.2) is 0 Å². The number of halogens is 1. The highest BCUT2D eigenvalue weighted by Gasteiger charge is 2.09. The van der Waals surface area contributed by atoms with Crippen molar-refractivity contribution in [3.8, 4) is 0 Å². The Kier molecular flexibility index (Phi) is 3.74. The first kappa shape index (κ1) is 11.3. The van der Waals surface area contributed by atoms with E-state index in [1.165, 1.54) is 0 Å². The lowest BCUT2D eigenvalue weighted by molar-refractivity contribution is 0.0378. The van der Waals surface area contributed by atoms with Crippen LogP contribution in [-0.2, 0) is 4.74 Å². The number of carbonyl (C=O) groups is 1. The molecule has 0 heterocycles. The van der Waals surface area contributed by atoms with E-state index in [0.29, 0.717) is 11.3 Å². The second kappa shape index (κ2) is 4.63. The molecule has 4 heteroatoms. The number of rotatable bonds is 2. The van der Waals surface area contributed by atoms with Gasteiger partial charge in [0.2, 0.25) is 0 Å². The lowest BCUT2D eigenvalue weighted by Gasteiger charge is -2.08. The molecular weight excluding hydrogens is 293 g/mol. The van der Waals surface area contributed by atoms with E-state index in [1.807, 2.05) is 13.8 Å². The molecule has 0 aliphatic rings. The summed E-state index contributed by atoms with van der Waals surface area (Å²) in [5.41, 5.74) is 6.84. The number of carbonyl (C=O) groups excluding carboxylic acids is 1. The zero-order chi connectivity index (χ0) is 10.7. The standard InChI is InChI=1S/C10H12INO2/c1-6(2)14-10(13)7-3-4-9(12)8(11)5-7/h3-6H,12H2,1-2H3. The molecule has 1 aromatic rings. The maximum absolute atomic E-state index is 11.5. The maximum atomic E-state index is 11.5. The normalized spacial score (nSPS) is 10.3. The number of benzene rings is 1. The van der Waals surface area contributed by atoms with Crippen molar-refractivity contribution in [3.05, 3.63) is 27.3 Å². The van der Waals surface area contributed by atoms with E-state index in [9.17, 15) is 4.79 Å². The van der Waals surface area contributed by atoms with Crippen LogP contribution in [0.15, 0.2) is 18.2 Å². The van der Waals surface area contributed by atoms with E-state index < -0.39 is 0 Å². The van der Waals surface area contributed by atoms with Crippen molar-refractivity contribution in [3.63, 3.8) is 0 Å². The summed E-state index contributed by atoms with van der Waals surface area (Å²) in [6.45, 7) is 3.64. The van der Waals surface area contributed by atoms with E-state index in [4.69, 9.17) is 10.5 Å². The molecule has 0 fully saturated rings. The highest BCUT2D eigenvalue weighted by atomic mass is 127. The van der Waals surface area contributed by atoms with Crippen molar-refractivity contribution in [2.45, 2.75) is 20.0 Å². The van der Waals surface area contributed by atoms with Crippen LogP contribution in [0.1, 0.15) is 24.2 Å². The van der Waals surface area contributed by atoms with E-state index in [2.05, 4.69) is 22.6 Å². The third-order valence-electron chi connectivity index (χ3n) is 1.58. The summed E-state index contributed by atoms with van der Waals surface area (Å²) in [7, 11) is 0. The average molecular weight is 305 g/mol. The van der Waals surface area contributed by atoms with E-state index in [-0.39, 0.29) is 12.1 Å². The molecule has 0 aromatic heterocycles. The third kappa shape index (κ3) is 2.87. The summed E-state index contributed by atoms with van der Waals surface area (Å²) >= 11 is 2.08. The number of nitrogen functional groups attached to an aromatic ring is 1. The summed E-state index contributed by atoms with van der Waals surface area (Å²) in [6.07, 6.45) is -0.0993. The van der Waals surface area contributed by atoms with Crippen molar-refractivity contribution in [2.24, 2.45) is 0 Å². The lowest BCUT2D eigenvalue weighted by atomic mass is 10.2. The molecule has 0 unspecified atom stereocenters. The second-order valence-electron chi connectivity index (χ2n) is 3.19. The van der Waals surface area contributed by atoms with Gasteiger partial charge in [0, 0.05) is 9.26 Å². The van der Waals surface area contributed by atoms with Gasteiger partial charge in [0.05, 0.1) is 11.7 Å². The molecule has 0 bridgehead atoms. The topological polar surface area (TPSA) is 52.3 Å². The predicted molar refractivity (Wildman–Crippen MR) is 64.1 cm³/mol. The Morgan fingerprint density at radius 3 is 2.64 bits per heavy atom. The van der Waals surface area contributed by atoms with E-state index in [0.717, 1.165) is 3.57 Å². The van der Waals surface area contributed by atoms with Gasteiger partial charge in [0.1, 0.15) is 0 Å². The first-order chi connectivity index (χ1) is 6.50. The number of ether oxygens (including phenoxy) is 1. The Morgan fingerprint density at radius 1 is 1.50 bits per heavy atom. The molecule has 0 saturated carbocycles. The van der Waals surface area contributed by atoms with E-state index >= 15 is 0 Å². The molecule has 3 nitrogen and oxygen atoms in total. The summed E-state index contributed by atoms with van der Waals surface area (Å²) in [5, 5.41) is 0. The van der Waals surface area contributed by atoms with Crippen molar-refractivity contribution < 1.29 is 9.53 Å². The van der Waals surface area contributed by atoms with Gasteiger partial charge in [-0.15, -0.1) is 0 Å². The first-order valence-corrected chi connectivity index (χ1v) is 5.34. The van der Waals surface area contributed by atoms with Crippen LogP contribution in [0.4, 0.5) is 5.69 Å². The minimum absolute atomic E-state index is 0.0993. The molecule has 14 heavy (non-hydrogen) atoms. The van der Waals surface area contributed by atoms with Crippen LogP contribution < -0.4 is 5.73 Å². The van der Waals surface area contributed by atoms with Crippen LogP contribution in [0.3, 0.4) is 0 Å². The molecule has 0 aliphatic heterocycles. The van der Waals surface area contributed by atoms with Crippen molar-refractivity contribution in [1.29, 1.82) is 0 Å². The van der Waals surface area contributed by atoms with Gasteiger partial charge in [-0.05, 0) is 54.6 Å². The van der Waals surface area contributed by atoms with Gasteiger partial charge in [-0.1, -0.05) is 0 Å². The lowest BCUT2D eigenvalue weighted by Crippen LogP contribution is -2.11. The average Bonchev–Trinajstić information content (AvgIpc) is 2.08. The second-order valence-corrected chi connectivity index (χ2v) is 4.35. The van der Waals surface area contributed by atoms with Gasteiger partial charge >= 0.3 is 5.97 Å².